The summed E-state index contributed by atoms with van der Waals surface area (Å²) in [7, 11) is 1.57. The number of ether oxygens (including phenoxy) is 1. The molecule has 1 aromatic rings. The Morgan fingerprint density at radius 1 is 1.26 bits per heavy atom. The van der Waals surface area contributed by atoms with Crippen molar-refractivity contribution in [3.63, 3.8) is 0 Å². The summed E-state index contributed by atoms with van der Waals surface area (Å²) in [5.74, 6) is -0.367. The lowest BCUT2D eigenvalue weighted by Crippen LogP contribution is -2.56. The fourth-order valence-electron chi connectivity index (χ4n) is 6.37. The molecule has 1 spiro atoms. The first-order chi connectivity index (χ1) is 16.4. The largest absolute Gasteiger partial charge is 0.495 e. The first-order valence-corrected chi connectivity index (χ1v) is 11.9. The van der Waals surface area contributed by atoms with E-state index in [0.717, 1.165) is 37.7 Å². The molecule has 1 saturated carbocycles. The monoisotopic (exact) mass is 467 g/mol. The third kappa shape index (κ3) is 3.54. The van der Waals surface area contributed by atoms with Crippen LogP contribution in [0.4, 0.5) is 4.79 Å². The highest BCUT2D eigenvalue weighted by Crippen LogP contribution is 2.58. The zero-order valence-electron chi connectivity index (χ0n) is 19.1. The molecule has 4 fully saturated rings. The van der Waals surface area contributed by atoms with Gasteiger partial charge in [0, 0.05) is 24.7 Å². The van der Waals surface area contributed by atoms with Crippen LogP contribution in [0.1, 0.15) is 56.4 Å². The molecule has 5 atom stereocenters. The highest BCUT2D eigenvalue weighted by Gasteiger charge is 2.64. The molecule has 0 radical (unpaired) electrons. The Balaban J connectivity index is 1.42. The van der Waals surface area contributed by atoms with Crippen molar-refractivity contribution in [2.45, 2.75) is 74.5 Å². The fraction of sp³-hybridized carbons (Fsp3) is 0.625. The van der Waals surface area contributed by atoms with Crippen LogP contribution in [0, 0.1) is 17.2 Å². The van der Waals surface area contributed by atoms with Gasteiger partial charge >= 0.3 is 6.09 Å². The smallest absolute Gasteiger partial charge is 0.405 e. The number of carbonyl (C=O) groups is 3. The summed E-state index contributed by atoms with van der Waals surface area (Å²) in [6.45, 7) is 0.395. The lowest BCUT2D eigenvalue weighted by molar-refractivity contribution is -0.147. The molecule has 4 aliphatic rings. The number of rotatable bonds is 4. The summed E-state index contributed by atoms with van der Waals surface area (Å²) in [6, 6.07) is 2.84. The third-order valence-corrected chi connectivity index (χ3v) is 8.13. The summed E-state index contributed by atoms with van der Waals surface area (Å²) < 4.78 is 5.31. The molecule has 0 aromatic carbocycles. The Hall–Kier alpha value is -3.35. The van der Waals surface area contributed by atoms with E-state index in [-0.39, 0.29) is 29.7 Å². The van der Waals surface area contributed by atoms with Crippen molar-refractivity contribution in [1.82, 2.24) is 20.1 Å². The normalized spacial score (nSPS) is 31.5. The van der Waals surface area contributed by atoms with Gasteiger partial charge in [0.05, 0.1) is 30.8 Å². The number of methoxy groups -OCH3 is 1. The average Bonchev–Trinajstić information content (AvgIpc) is 3.43. The zero-order valence-corrected chi connectivity index (χ0v) is 19.1. The molecule has 3 amide bonds. The van der Waals surface area contributed by atoms with Crippen molar-refractivity contribution in [1.29, 1.82) is 5.26 Å². The number of fused-ring (bicyclic) bond motifs is 1. The lowest BCUT2D eigenvalue weighted by atomic mass is 9.85. The molecule has 4 heterocycles. The quantitative estimate of drug-likeness (QED) is 0.690. The molecular weight excluding hydrogens is 438 g/mol. The van der Waals surface area contributed by atoms with Crippen molar-refractivity contribution >= 4 is 17.9 Å². The Morgan fingerprint density at radius 3 is 2.74 bits per heavy atom. The van der Waals surface area contributed by atoms with E-state index in [9.17, 15) is 19.6 Å². The van der Waals surface area contributed by atoms with Gasteiger partial charge in [0.1, 0.15) is 17.8 Å². The second-order valence-corrected chi connectivity index (χ2v) is 9.85. The van der Waals surface area contributed by atoms with Crippen molar-refractivity contribution in [2.75, 3.05) is 13.7 Å². The molecule has 2 N–H and O–H groups in total. The predicted molar refractivity (Wildman–Crippen MR) is 119 cm³/mol. The van der Waals surface area contributed by atoms with Gasteiger partial charge in [-0.3, -0.25) is 14.6 Å². The van der Waals surface area contributed by atoms with Gasteiger partial charge in [-0.25, -0.2) is 4.79 Å². The molecule has 0 bridgehead atoms. The van der Waals surface area contributed by atoms with Gasteiger partial charge < -0.3 is 25.0 Å². The van der Waals surface area contributed by atoms with Crippen molar-refractivity contribution in [2.24, 2.45) is 5.92 Å². The number of nitrogens with zero attached hydrogens (tertiary/aromatic N) is 4. The second kappa shape index (κ2) is 8.46. The van der Waals surface area contributed by atoms with Gasteiger partial charge in [-0.2, -0.15) is 5.26 Å². The number of hydrogen-bond acceptors (Lipinski definition) is 6. The number of carbonyl (C=O) groups excluding carboxylic acids is 2. The molecule has 5 rings (SSSR count). The van der Waals surface area contributed by atoms with Crippen molar-refractivity contribution < 1.29 is 24.2 Å². The molecule has 180 valence electrons. The van der Waals surface area contributed by atoms with Crippen LogP contribution >= 0.6 is 0 Å². The maximum absolute atomic E-state index is 14.0. The van der Waals surface area contributed by atoms with Crippen LogP contribution in [0.25, 0.3) is 0 Å². The molecule has 3 saturated heterocycles. The number of likely N-dealkylation sites (tertiary alicyclic amines) is 1. The molecule has 34 heavy (non-hydrogen) atoms. The predicted octanol–water partition coefficient (Wildman–Crippen LogP) is 1.87. The lowest BCUT2D eigenvalue weighted by Gasteiger charge is -2.35. The van der Waals surface area contributed by atoms with Crippen LogP contribution in [-0.2, 0) is 9.59 Å². The number of nitriles is 1. The van der Waals surface area contributed by atoms with Crippen LogP contribution in [-0.4, -0.2) is 75.1 Å². The maximum Gasteiger partial charge on any atom is 0.405 e. The Kier molecular flexibility index (Phi) is 5.58. The highest BCUT2D eigenvalue weighted by molar-refractivity contribution is 5.93. The number of carboxylic acid groups (broad SMARTS) is 1. The van der Waals surface area contributed by atoms with Gasteiger partial charge in [-0.05, 0) is 56.6 Å². The van der Waals surface area contributed by atoms with E-state index in [1.54, 1.807) is 24.4 Å². The molecule has 10 heteroatoms. The number of hydrogen-bond donors (Lipinski definition) is 2. The summed E-state index contributed by atoms with van der Waals surface area (Å²) in [5.41, 5.74) is 0.360. The van der Waals surface area contributed by atoms with E-state index in [4.69, 9.17) is 9.84 Å². The fourth-order valence-corrected chi connectivity index (χ4v) is 6.37. The number of aromatic nitrogens is 1. The first kappa shape index (κ1) is 22.4. The topological polar surface area (TPSA) is 136 Å². The Morgan fingerprint density at radius 2 is 2.06 bits per heavy atom. The van der Waals surface area contributed by atoms with Gasteiger partial charge in [-0.15, -0.1) is 0 Å². The van der Waals surface area contributed by atoms with E-state index < -0.39 is 23.7 Å². The minimum absolute atomic E-state index is 0.0510. The van der Waals surface area contributed by atoms with Crippen LogP contribution in [0.3, 0.4) is 0 Å². The summed E-state index contributed by atoms with van der Waals surface area (Å²) in [4.78, 5) is 46.2. The van der Waals surface area contributed by atoms with Crippen molar-refractivity contribution in [3.05, 3.63) is 24.0 Å². The van der Waals surface area contributed by atoms with Gasteiger partial charge in [0.15, 0.2) is 0 Å². The molecule has 1 aliphatic carbocycles. The number of pyridine rings is 1. The number of amides is 3. The van der Waals surface area contributed by atoms with E-state index in [1.807, 2.05) is 11.0 Å². The first-order valence-electron chi connectivity index (χ1n) is 11.9. The number of nitrogens with one attached hydrogen (secondary N) is 1. The second-order valence-electron chi connectivity index (χ2n) is 9.85. The minimum atomic E-state index is -1.23. The summed E-state index contributed by atoms with van der Waals surface area (Å²) >= 11 is 0. The van der Waals surface area contributed by atoms with E-state index in [2.05, 4.69) is 16.4 Å². The van der Waals surface area contributed by atoms with Gasteiger partial charge in [0.2, 0.25) is 11.8 Å². The average molecular weight is 468 g/mol. The van der Waals surface area contributed by atoms with Crippen LogP contribution in [0.5, 0.6) is 5.75 Å². The SMILES string of the molecule is COc1cncc([C@@H]2CN(C(=O)[C@@H]3CC[C@@H]4CCC[C@H](NC(=O)O)C(=O)N43)C3(CC3)[C@H]2C#N)c1. The standard InChI is InChI=1S/C24H29N5O5/c1-34-16-9-14(11-26-12-16)17-13-28(24(7-8-24)18(17)10-25)22(31)20-6-5-15-3-2-4-19(27-23(32)33)21(30)29(15)20/h9,11-12,15,17-20,27H,2-8,13H2,1H3,(H,32,33)/t15-,17-,18-,19-,20-/m0/s1. The van der Waals surface area contributed by atoms with Crippen molar-refractivity contribution in [3.8, 4) is 11.8 Å². The third-order valence-electron chi connectivity index (χ3n) is 8.13. The zero-order chi connectivity index (χ0) is 24.0. The molecule has 1 aromatic heterocycles. The molecule has 10 nitrogen and oxygen atoms in total. The van der Waals surface area contributed by atoms with Crippen LogP contribution in [0.2, 0.25) is 0 Å². The maximum atomic E-state index is 14.0. The van der Waals surface area contributed by atoms with Gasteiger partial charge in [-0.1, -0.05) is 0 Å². The van der Waals surface area contributed by atoms with Crippen LogP contribution < -0.4 is 10.1 Å². The van der Waals surface area contributed by atoms with Gasteiger partial charge in [0.25, 0.3) is 0 Å². The Labute approximate surface area is 197 Å². The van der Waals surface area contributed by atoms with E-state index in [1.165, 1.54) is 0 Å². The highest BCUT2D eigenvalue weighted by atomic mass is 16.5. The molecule has 3 aliphatic heterocycles. The van der Waals surface area contributed by atoms with E-state index in [0.29, 0.717) is 25.1 Å². The Bertz CT molecular complexity index is 1050. The summed E-state index contributed by atoms with van der Waals surface area (Å²) in [5, 5.41) is 21.6. The minimum Gasteiger partial charge on any atom is -0.495 e. The molecular formula is C24H29N5O5. The molecule has 0 unspecified atom stereocenters. The van der Waals surface area contributed by atoms with E-state index >= 15 is 0 Å². The van der Waals surface area contributed by atoms with Crippen LogP contribution in [0.15, 0.2) is 18.5 Å². The summed E-state index contributed by atoms with van der Waals surface area (Å²) in [6.07, 6.45) is 6.85.